The van der Waals surface area contributed by atoms with Crippen LogP contribution in [0.3, 0.4) is 0 Å². The zero-order chi connectivity index (χ0) is 22.3. The molecule has 30 heavy (non-hydrogen) atoms. The molecule has 0 spiro atoms. The number of nitrogens with one attached hydrogen (secondary N) is 1. The number of hydrogen-bond acceptors (Lipinski definition) is 4. The second-order valence-electron chi connectivity index (χ2n) is 7.20. The highest BCUT2D eigenvalue weighted by Crippen LogP contribution is 2.22. The number of likely N-dealkylation sites (N-methyl/N-ethyl adjacent to an activating group) is 1. The largest absolute Gasteiger partial charge is 0.350 e. The number of amides is 1. The Bertz CT molecular complexity index is 945. The van der Waals surface area contributed by atoms with E-state index in [1.807, 2.05) is 18.2 Å². The van der Waals surface area contributed by atoms with Crippen molar-refractivity contribution in [1.29, 1.82) is 0 Å². The zero-order valence-corrected chi connectivity index (χ0v) is 19.5. The maximum absolute atomic E-state index is 12.8. The first-order valence-corrected chi connectivity index (χ1v) is 11.8. The normalized spacial score (nSPS) is 12.9. The monoisotopic (exact) mass is 451 g/mol. The Morgan fingerprint density at radius 2 is 1.70 bits per heavy atom. The van der Waals surface area contributed by atoms with Crippen molar-refractivity contribution in [2.75, 3.05) is 33.7 Å². The van der Waals surface area contributed by atoms with Crippen LogP contribution in [-0.4, -0.2) is 63.3 Å². The average Bonchev–Trinajstić information content (AvgIpc) is 2.73. The summed E-state index contributed by atoms with van der Waals surface area (Å²) >= 11 is 6.20. The second-order valence-corrected chi connectivity index (χ2v) is 9.76. The van der Waals surface area contributed by atoms with Gasteiger partial charge in [0.1, 0.15) is 0 Å². The number of rotatable bonds is 10. The van der Waals surface area contributed by atoms with Crippen LogP contribution in [0.1, 0.15) is 29.8 Å². The van der Waals surface area contributed by atoms with E-state index in [-0.39, 0.29) is 27.4 Å². The van der Waals surface area contributed by atoms with Crippen LogP contribution in [0.15, 0.2) is 53.4 Å². The van der Waals surface area contributed by atoms with Crippen LogP contribution < -0.4 is 5.32 Å². The minimum Gasteiger partial charge on any atom is -0.350 e. The molecule has 0 aliphatic rings. The summed E-state index contributed by atoms with van der Waals surface area (Å²) in [5, 5.41) is 3.16. The lowest BCUT2D eigenvalue weighted by Gasteiger charge is -2.30. The molecule has 164 valence electrons. The predicted molar refractivity (Wildman–Crippen MR) is 122 cm³/mol. The van der Waals surface area contributed by atoms with E-state index in [4.69, 9.17) is 11.6 Å². The fraction of sp³-hybridized carbons (Fsp3) is 0.409. The molecule has 0 bridgehead atoms. The van der Waals surface area contributed by atoms with Gasteiger partial charge in [0.2, 0.25) is 10.0 Å². The zero-order valence-electron chi connectivity index (χ0n) is 17.9. The Labute approximate surface area is 184 Å². The van der Waals surface area contributed by atoms with Crippen LogP contribution in [0.4, 0.5) is 0 Å². The highest BCUT2D eigenvalue weighted by molar-refractivity contribution is 7.89. The third-order valence-electron chi connectivity index (χ3n) is 5.10. The summed E-state index contributed by atoms with van der Waals surface area (Å²) in [7, 11) is -0.764. The van der Waals surface area contributed by atoms with E-state index < -0.39 is 10.0 Å². The molecule has 2 aromatic carbocycles. The highest BCUT2D eigenvalue weighted by atomic mass is 35.5. The number of carbonyl (C=O) groups excluding carboxylic acids is 1. The smallest absolute Gasteiger partial charge is 0.252 e. The third-order valence-corrected chi connectivity index (χ3v) is 7.24. The Morgan fingerprint density at radius 1 is 1.07 bits per heavy atom. The summed E-state index contributed by atoms with van der Waals surface area (Å²) in [4.78, 5) is 15.2. The van der Waals surface area contributed by atoms with Gasteiger partial charge in [-0.15, -0.1) is 0 Å². The highest BCUT2D eigenvalue weighted by Gasteiger charge is 2.22. The number of sulfonamides is 1. The lowest BCUT2D eigenvalue weighted by molar-refractivity contribution is 0.0934. The van der Waals surface area contributed by atoms with Crippen molar-refractivity contribution >= 4 is 27.5 Å². The lowest BCUT2D eigenvalue weighted by Crippen LogP contribution is -2.45. The molecule has 6 nitrogen and oxygen atoms in total. The predicted octanol–water partition coefficient (Wildman–Crippen LogP) is 3.27. The van der Waals surface area contributed by atoms with Crippen molar-refractivity contribution in [3.63, 3.8) is 0 Å². The van der Waals surface area contributed by atoms with Gasteiger partial charge in [-0.25, -0.2) is 12.7 Å². The topological polar surface area (TPSA) is 69.7 Å². The van der Waals surface area contributed by atoms with Crippen molar-refractivity contribution in [2.24, 2.45) is 0 Å². The van der Waals surface area contributed by atoms with Crippen LogP contribution in [0.25, 0.3) is 0 Å². The van der Waals surface area contributed by atoms with E-state index in [0.717, 1.165) is 23.8 Å². The maximum atomic E-state index is 12.8. The van der Waals surface area contributed by atoms with Crippen LogP contribution in [0.2, 0.25) is 5.02 Å². The van der Waals surface area contributed by atoms with Crippen molar-refractivity contribution in [1.82, 2.24) is 14.5 Å². The molecule has 0 aliphatic heterocycles. The van der Waals surface area contributed by atoms with Crippen molar-refractivity contribution in [3.05, 3.63) is 64.7 Å². The maximum Gasteiger partial charge on any atom is 0.252 e. The Kier molecular flexibility index (Phi) is 8.85. The van der Waals surface area contributed by atoms with Gasteiger partial charge in [-0.1, -0.05) is 55.8 Å². The van der Waals surface area contributed by atoms with E-state index in [2.05, 4.69) is 36.2 Å². The van der Waals surface area contributed by atoms with Gasteiger partial charge in [0.25, 0.3) is 5.91 Å². The van der Waals surface area contributed by atoms with Crippen molar-refractivity contribution in [3.8, 4) is 0 Å². The molecule has 1 unspecified atom stereocenters. The van der Waals surface area contributed by atoms with Crippen molar-refractivity contribution < 1.29 is 13.2 Å². The van der Waals surface area contributed by atoms with Crippen LogP contribution >= 0.6 is 11.6 Å². The Morgan fingerprint density at radius 3 is 2.27 bits per heavy atom. The van der Waals surface area contributed by atoms with Gasteiger partial charge < -0.3 is 5.32 Å². The SMILES string of the molecule is CCN(CC)C(CNC(=O)c1cc(S(=O)(=O)N(C)C)ccc1Cl)Cc1ccccc1. The van der Waals surface area contributed by atoms with Gasteiger partial charge in [0, 0.05) is 26.7 Å². The molecule has 0 fully saturated rings. The van der Waals surface area contributed by atoms with Gasteiger partial charge in [-0.2, -0.15) is 0 Å². The fourth-order valence-electron chi connectivity index (χ4n) is 3.31. The number of nitrogens with zero attached hydrogens (tertiary/aromatic N) is 2. The number of benzene rings is 2. The quantitative estimate of drug-likeness (QED) is 0.601. The standard InChI is InChI=1S/C22H30ClN3O3S/c1-5-26(6-2)18(14-17-10-8-7-9-11-17)16-24-22(27)20-15-19(12-13-21(20)23)30(28,29)25(3)4/h7-13,15,18H,5-6,14,16H2,1-4H3,(H,24,27). The molecule has 1 amide bonds. The molecule has 1 N–H and O–H groups in total. The van der Waals surface area contributed by atoms with Crippen LogP contribution in [0, 0.1) is 0 Å². The number of halogens is 1. The lowest BCUT2D eigenvalue weighted by atomic mass is 10.0. The molecular formula is C22H30ClN3O3S. The molecule has 0 radical (unpaired) electrons. The number of carbonyl (C=O) groups is 1. The van der Waals surface area contributed by atoms with E-state index in [0.29, 0.717) is 6.54 Å². The van der Waals surface area contributed by atoms with Crippen LogP contribution in [0.5, 0.6) is 0 Å². The molecular weight excluding hydrogens is 422 g/mol. The third kappa shape index (κ3) is 6.04. The summed E-state index contributed by atoms with van der Waals surface area (Å²) in [5.74, 6) is -0.388. The summed E-state index contributed by atoms with van der Waals surface area (Å²) < 4.78 is 25.9. The molecule has 1 atom stereocenters. The first-order valence-electron chi connectivity index (χ1n) is 9.98. The molecule has 2 rings (SSSR count). The van der Waals surface area contributed by atoms with Crippen LogP contribution in [-0.2, 0) is 16.4 Å². The minimum absolute atomic E-state index is 0.0339. The van der Waals surface area contributed by atoms with E-state index in [9.17, 15) is 13.2 Å². The minimum atomic E-state index is -3.66. The molecule has 0 heterocycles. The molecule has 0 aromatic heterocycles. The van der Waals surface area contributed by atoms with E-state index >= 15 is 0 Å². The van der Waals surface area contributed by atoms with Gasteiger partial charge in [-0.3, -0.25) is 9.69 Å². The van der Waals surface area contributed by atoms with E-state index in [1.54, 1.807) is 0 Å². The summed E-state index contributed by atoms with van der Waals surface area (Å²) in [6.07, 6.45) is 0.797. The Balaban J connectivity index is 2.20. The first kappa shape index (κ1) is 24.3. The average molecular weight is 452 g/mol. The van der Waals surface area contributed by atoms with E-state index in [1.165, 1.54) is 37.9 Å². The van der Waals surface area contributed by atoms with Crippen molar-refractivity contribution in [2.45, 2.75) is 31.2 Å². The molecule has 0 saturated carbocycles. The Hall–Kier alpha value is -1.93. The molecule has 0 saturated heterocycles. The summed E-state index contributed by atoms with van der Waals surface area (Å²) in [6.45, 7) is 6.34. The first-order chi connectivity index (χ1) is 14.2. The fourth-order valence-corrected chi connectivity index (χ4v) is 4.44. The van der Waals surface area contributed by atoms with Gasteiger partial charge in [-0.05, 0) is 43.3 Å². The van der Waals surface area contributed by atoms with Gasteiger partial charge in [0.05, 0.1) is 15.5 Å². The molecule has 8 heteroatoms. The second kappa shape index (κ2) is 10.9. The summed E-state index contributed by atoms with van der Waals surface area (Å²) in [6, 6.07) is 14.4. The summed E-state index contributed by atoms with van der Waals surface area (Å²) in [5.41, 5.74) is 1.35. The molecule has 0 aliphatic carbocycles. The van der Waals surface area contributed by atoms with Gasteiger partial charge >= 0.3 is 0 Å². The number of hydrogen-bond donors (Lipinski definition) is 1. The molecule has 2 aromatic rings. The van der Waals surface area contributed by atoms with Gasteiger partial charge in [0.15, 0.2) is 0 Å².